The number of carbonyl (C=O) groups excluding carboxylic acids is 1. The van der Waals surface area contributed by atoms with E-state index in [-0.39, 0.29) is 11.6 Å². The van der Waals surface area contributed by atoms with Crippen molar-refractivity contribution in [2.45, 2.75) is 6.92 Å². The Morgan fingerprint density at radius 3 is 2.71 bits per heavy atom. The quantitative estimate of drug-likeness (QED) is 0.895. The molecular formula is C13H15N5O3. The molecule has 1 aliphatic rings. The fourth-order valence-corrected chi connectivity index (χ4v) is 2.01. The van der Waals surface area contributed by atoms with Crippen LogP contribution in [0.15, 0.2) is 22.7 Å². The van der Waals surface area contributed by atoms with E-state index in [2.05, 4.69) is 25.6 Å². The number of aromatic nitrogens is 3. The Hall–Kier alpha value is -2.48. The van der Waals surface area contributed by atoms with Gasteiger partial charge in [-0.3, -0.25) is 4.79 Å². The molecule has 0 aromatic carbocycles. The summed E-state index contributed by atoms with van der Waals surface area (Å²) in [6, 6.07) is 5.05. The minimum absolute atomic E-state index is 0.229. The first kappa shape index (κ1) is 13.5. The van der Waals surface area contributed by atoms with E-state index < -0.39 is 0 Å². The molecule has 1 amide bonds. The fraction of sp³-hybridized carbons (Fsp3) is 0.385. The van der Waals surface area contributed by atoms with E-state index in [0.29, 0.717) is 24.8 Å². The number of rotatable bonds is 3. The van der Waals surface area contributed by atoms with Gasteiger partial charge in [-0.05, 0) is 19.1 Å². The molecule has 3 heterocycles. The molecule has 110 valence electrons. The van der Waals surface area contributed by atoms with Crippen LogP contribution in [-0.4, -0.2) is 47.6 Å². The Balaban J connectivity index is 1.67. The highest BCUT2D eigenvalue weighted by Gasteiger charge is 2.15. The lowest BCUT2D eigenvalue weighted by atomic mass is 10.3. The average Bonchev–Trinajstić information content (AvgIpc) is 2.93. The maximum Gasteiger partial charge on any atom is 0.277 e. The lowest BCUT2D eigenvalue weighted by Gasteiger charge is -2.27. The van der Waals surface area contributed by atoms with Crippen molar-refractivity contribution in [1.82, 2.24) is 15.4 Å². The second kappa shape index (κ2) is 5.88. The van der Waals surface area contributed by atoms with Gasteiger partial charge in [0.15, 0.2) is 17.3 Å². The van der Waals surface area contributed by atoms with Crippen molar-refractivity contribution in [1.29, 1.82) is 0 Å². The number of hydrogen-bond donors (Lipinski definition) is 1. The molecule has 3 rings (SSSR count). The smallest absolute Gasteiger partial charge is 0.277 e. The molecule has 0 saturated carbocycles. The lowest BCUT2D eigenvalue weighted by molar-refractivity contribution is 0.102. The molecule has 21 heavy (non-hydrogen) atoms. The summed E-state index contributed by atoms with van der Waals surface area (Å²) in [6.45, 7) is 4.65. The number of nitrogens with one attached hydrogen (secondary N) is 1. The average molecular weight is 289 g/mol. The van der Waals surface area contributed by atoms with Crippen molar-refractivity contribution in [2.24, 2.45) is 0 Å². The minimum Gasteiger partial charge on any atom is -0.378 e. The second-order valence-electron chi connectivity index (χ2n) is 4.65. The number of morpholine rings is 1. The molecule has 1 saturated heterocycles. The molecule has 8 heteroatoms. The summed E-state index contributed by atoms with van der Waals surface area (Å²) >= 11 is 0. The number of anilines is 2. The van der Waals surface area contributed by atoms with E-state index >= 15 is 0 Å². The Morgan fingerprint density at radius 2 is 2.10 bits per heavy atom. The molecule has 8 nitrogen and oxygen atoms in total. The van der Waals surface area contributed by atoms with E-state index in [0.717, 1.165) is 18.9 Å². The van der Waals surface area contributed by atoms with Gasteiger partial charge in [0.1, 0.15) is 5.76 Å². The molecule has 0 spiro atoms. The van der Waals surface area contributed by atoms with Crippen LogP contribution >= 0.6 is 0 Å². The van der Waals surface area contributed by atoms with Crippen molar-refractivity contribution < 1.29 is 14.1 Å². The predicted octanol–water partition coefficient (Wildman–Crippen LogP) is 0.862. The van der Waals surface area contributed by atoms with Crippen LogP contribution < -0.4 is 10.2 Å². The number of aryl methyl sites for hydroxylation is 1. The molecule has 1 aliphatic heterocycles. The monoisotopic (exact) mass is 289 g/mol. The van der Waals surface area contributed by atoms with Crippen LogP contribution in [-0.2, 0) is 4.74 Å². The molecular weight excluding hydrogens is 274 g/mol. The summed E-state index contributed by atoms with van der Waals surface area (Å²) in [5.74, 6) is 1.35. The zero-order valence-corrected chi connectivity index (χ0v) is 11.6. The van der Waals surface area contributed by atoms with Crippen molar-refractivity contribution >= 4 is 17.5 Å². The van der Waals surface area contributed by atoms with E-state index in [1.54, 1.807) is 25.1 Å². The zero-order chi connectivity index (χ0) is 14.7. The molecule has 0 aliphatic carbocycles. The van der Waals surface area contributed by atoms with Gasteiger partial charge >= 0.3 is 0 Å². The Labute approximate surface area is 121 Å². The van der Waals surface area contributed by atoms with Crippen LogP contribution in [0.2, 0.25) is 0 Å². The van der Waals surface area contributed by atoms with Crippen molar-refractivity contribution in [3.05, 3.63) is 29.7 Å². The Bertz CT molecular complexity index is 619. The normalized spacial score (nSPS) is 15.0. The molecule has 0 atom stereocenters. The van der Waals surface area contributed by atoms with Crippen LogP contribution in [0.25, 0.3) is 0 Å². The van der Waals surface area contributed by atoms with Crippen LogP contribution in [0.1, 0.15) is 16.2 Å². The minimum atomic E-state index is -0.371. The molecule has 1 fully saturated rings. The van der Waals surface area contributed by atoms with E-state index in [1.807, 2.05) is 0 Å². The molecule has 1 N–H and O–H groups in total. The van der Waals surface area contributed by atoms with Gasteiger partial charge in [0.2, 0.25) is 0 Å². The van der Waals surface area contributed by atoms with Gasteiger partial charge < -0.3 is 19.5 Å². The predicted molar refractivity (Wildman–Crippen MR) is 74.3 cm³/mol. The third-order valence-corrected chi connectivity index (χ3v) is 3.09. The first-order valence-electron chi connectivity index (χ1n) is 6.63. The Morgan fingerprint density at radius 1 is 1.29 bits per heavy atom. The van der Waals surface area contributed by atoms with Gasteiger partial charge in [-0.2, -0.15) is 0 Å². The number of nitrogens with zero attached hydrogens (tertiary/aromatic N) is 4. The molecule has 0 bridgehead atoms. The Kier molecular flexibility index (Phi) is 3.78. The van der Waals surface area contributed by atoms with Gasteiger partial charge in [0, 0.05) is 19.2 Å². The summed E-state index contributed by atoms with van der Waals surface area (Å²) in [7, 11) is 0. The number of amides is 1. The van der Waals surface area contributed by atoms with E-state index in [9.17, 15) is 4.79 Å². The van der Waals surface area contributed by atoms with Gasteiger partial charge in [0.05, 0.1) is 13.2 Å². The first-order valence-corrected chi connectivity index (χ1v) is 6.63. The van der Waals surface area contributed by atoms with Gasteiger partial charge in [-0.15, -0.1) is 10.2 Å². The van der Waals surface area contributed by atoms with Crippen LogP contribution in [0, 0.1) is 6.92 Å². The summed E-state index contributed by atoms with van der Waals surface area (Å²) in [5, 5.41) is 14.3. The lowest BCUT2D eigenvalue weighted by Crippen LogP contribution is -2.37. The van der Waals surface area contributed by atoms with Crippen LogP contribution in [0.3, 0.4) is 0 Å². The summed E-state index contributed by atoms with van der Waals surface area (Å²) in [4.78, 5) is 14.1. The van der Waals surface area contributed by atoms with Crippen molar-refractivity contribution in [3.63, 3.8) is 0 Å². The summed E-state index contributed by atoms with van der Waals surface area (Å²) in [5.41, 5.74) is 0.229. The number of hydrogen-bond acceptors (Lipinski definition) is 7. The largest absolute Gasteiger partial charge is 0.378 e. The fourth-order valence-electron chi connectivity index (χ4n) is 2.01. The van der Waals surface area contributed by atoms with Crippen molar-refractivity contribution in [2.75, 3.05) is 36.5 Å². The number of carbonyl (C=O) groups is 1. The maximum absolute atomic E-state index is 12.0. The highest BCUT2D eigenvalue weighted by molar-refractivity contribution is 6.02. The number of ether oxygens (including phenoxy) is 1. The summed E-state index contributed by atoms with van der Waals surface area (Å²) in [6.07, 6.45) is 0. The molecule has 0 radical (unpaired) electrons. The van der Waals surface area contributed by atoms with Crippen molar-refractivity contribution in [3.8, 4) is 0 Å². The summed E-state index contributed by atoms with van der Waals surface area (Å²) < 4.78 is 10.2. The van der Waals surface area contributed by atoms with E-state index in [1.165, 1.54) is 0 Å². The zero-order valence-electron chi connectivity index (χ0n) is 11.6. The van der Waals surface area contributed by atoms with Crippen LogP contribution in [0.5, 0.6) is 0 Å². The highest BCUT2D eigenvalue weighted by atomic mass is 16.5. The maximum atomic E-state index is 12.0. The second-order valence-corrected chi connectivity index (χ2v) is 4.65. The van der Waals surface area contributed by atoms with E-state index in [4.69, 9.17) is 9.26 Å². The van der Waals surface area contributed by atoms with Gasteiger partial charge in [-0.25, -0.2) is 0 Å². The molecule has 2 aromatic rings. The third-order valence-electron chi connectivity index (χ3n) is 3.09. The van der Waals surface area contributed by atoms with Gasteiger partial charge in [0.25, 0.3) is 5.91 Å². The first-order chi connectivity index (χ1) is 10.2. The van der Waals surface area contributed by atoms with Gasteiger partial charge in [-0.1, -0.05) is 5.16 Å². The highest BCUT2D eigenvalue weighted by Crippen LogP contribution is 2.13. The third kappa shape index (κ3) is 3.16. The SMILES string of the molecule is Cc1cc(NC(=O)c2ccc(N3CCOCC3)nn2)no1. The van der Waals surface area contributed by atoms with Crippen LogP contribution in [0.4, 0.5) is 11.6 Å². The molecule has 2 aromatic heterocycles. The standard InChI is InChI=1S/C13H15N5O3/c1-9-8-11(17-21-9)14-13(19)10-2-3-12(16-15-10)18-4-6-20-7-5-18/h2-3,8H,4-7H2,1H3,(H,14,17,19). The topological polar surface area (TPSA) is 93.4 Å². The molecule has 0 unspecified atom stereocenters.